The van der Waals surface area contributed by atoms with Crippen LogP contribution in [0.25, 0.3) is 66.9 Å². The molecule has 0 saturated carbocycles. The summed E-state index contributed by atoms with van der Waals surface area (Å²) in [6.07, 6.45) is 0. The second-order valence-electron chi connectivity index (χ2n) is 12.5. The highest BCUT2D eigenvalue weighted by atomic mass is 35.5. The summed E-state index contributed by atoms with van der Waals surface area (Å²) < 4.78 is 23.4. The molecular weight excluding hydrogens is 704 g/mol. The lowest BCUT2D eigenvalue weighted by Crippen LogP contribution is -2.44. The van der Waals surface area contributed by atoms with Crippen molar-refractivity contribution in [2.24, 2.45) is 0 Å². The number of furan rings is 2. The number of halogens is 1. The van der Waals surface area contributed by atoms with Crippen molar-refractivity contribution >= 4 is 61.9 Å². The van der Waals surface area contributed by atoms with E-state index in [0.29, 0.717) is 59.0 Å². The van der Waals surface area contributed by atoms with E-state index in [0.717, 1.165) is 76.1 Å². The number of benzene rings is 2. The Balaban J connectivity index is 0.000000166. The minimum atomic E-state index is 0. The molecule has 0 unspecified atom stereocenters. The number of nitrogens with zero attached hydrogens (tertiary/aromatic N) is 7. The fourth-order valence-electron chi connectivity index (χ4n) is 6.54. The largest absolute Gasteiger partial charge is 0.475 e. The van der Waals surface area contributed by atoms with Crippen molar-refractivity contribution in [3.63, 3.8) is 0 Å². The zero-order valence-electron chi connectivity index (χ0n) is 29.8. The topological polar surface area (TPSA) is 137 Å². The van der Waals surface area contributed by atoms with Gasteiger partial charge in [-0.2, -0.15) is 9.97 Å². The molecule has 9 rings (SSSR count). The molecule has 276 valence electrons. The number of anilines is 1. The van der Waals surface area contributed by atoms with Crippen LogP contribution in [0.1, 0.15) is 32.4 Å². The Kier molecular flexibility index (Phi) is 10.6. The van der Waals surface area contributed by atoms with Crippen molar-refractivity contribution in [1.82, 2.24) is 35.2 Å². The molecule has 0 radical (unpaired) electrons. The Bertz CT molecular complexity index is 2570. The first kappa shape index (κ1) is 36.5. The summed E-state index contributed by atoms with van der Waals surface area (Å²) in [5.41, 5.74) is 9.35. The molecule has 0 amide bonds. The molecule has 1 fully saturated rings. The number of fused-ring (bicyclic) bond motifs is 6. The number of hydrogen-bond acceptors (Lipinski definition) is 12. The van der Waals surface area contributed by atoms with Crippen LogP contribution >= 0.6 is 11.6 Å². The molecule has 1 aliphatic rings. The van der Waals surface area contributed by atoms with Crippen molar-refractivity contribution in [2.45, 2.75) is 35.1 Å². The lowest BCUT2D eigenvalue weighted by atomic mass is 10.1. The van der Waals surface area contributed by atoms with Crippen LogP contribution in [0, 0.1) is 13.8 Å². The van der Waals surface area contributed by atoms with Gasteiger partial charge in [0.2, 0.25) is 33.8 Å². The Labute approximate surface area is 317 Å². The van der Waals surface area contributed by atoms with Crippen molar-refractivity contribution in [2.75, 3.05) is 44.3 Å². The van der Waals surface area contributed by atoms with Crippen LogP contribution in [-0.4, -0.2) is 69.3 Å². The zero-order chi connectivity index (χ0) is 36.5. The zero-order valence-corrected chi connectivity index (χ0v) is 30.6. The van der Waals surface area contributed by atoms with E-state index in [1.165, 1.54) is 0 Å². The van der Waals surface area contributed by atoms with Gasteiger partial charge in [0.05, 0.1) is 35.4 Å². The predicted molar refractivity (Wildman–Crippen MR) is 214 cm³/mol. The maximum atomic E-state index is 6.13. The van der Waals surface area contributed by atoms with Gasteiger partial charge in [0, 0.05) is 37.3 Å². The molecule has 8 aromatic rings. The van der Waals surface area contributed by atoms with E-state index in [-0.39, 0.29) is 12.7 Å². The van der Waals surface area contributed by atoms with E-state index in [1.54, 1.807) is 0 Å². The van der Waals surface area contributed by atoms with Gasteiger partial charge in [0.1, 0.15) is 11.0 Å². The van der Waals surface area contributed by atoms with Gasteiger partial charge in [-0.25, -0.2) is 19.9 Å². The summed E-state index contributed by atoms with van der Waals surface area (Å²) >= 11 is 6.03. The second kappa shape index (κ2) is 15.6. The monoisotopic (exact) mass is 744 g/mol. The number of piperazine rings is 1. The molecule has 2 aromatic carbocycles. The fourth-order valence-corrected chi connectivity index (χ4v) is 6.70. The molecule has 0 bridgehead atoms. The Hall–Kier alpha value is -5.85. The van der Waals surface area contributed by atoms with Crippen LogP contribution in [0.3, 0.4) is 0 Å². The fraction of sp³-hybridized carbons (Fsp3) is 0.268. The molecule has 54 heavy (non-hydrogen) atoms. The number of ether oxygens (including phenoxy) is 2. The number of pyridine rings is 2. The summed E-state index contributed by atoms with van der Waals surface area (Å²) in [5.74, 6) is 1.49. The molecule has 0 spiro atoms. The third-order valence-electron chi connectivity index (χ3n) is 8.97. The van der Waals surface area contributed by atoms with Crippen molar-refractivity contribution in [1.29, 1.82) is 0 Å². The van der Waals surface area contributed by atoms with Crippen molar-refractivity contribution in [3.8, 4) is 34.3 Å². The summed E-state index contributed by atoms with van der Waals surface area (Å²) in [6, 6.07) is 24.2. The number of aromatic nitrogens is 6. The van der Waals surface area contributed by atoms with E-state index in [4.69, 9.17) is 39.9 Å². The van der Waals surface area contributed by atoms with Crippen LogP contribution in [0.2, 0.25) is 5.28 Å². The molecule has 0 aliphatic carbocycles. The third kappa shape index (κ3) is 6.97. The average Bonchev–Trinajstić information content (AvgIpc) is 3.76. The average molecular weight is 745 g/mol. The van der Waals surface area contributed by atoms with Crippen LogP contribution in [0.15, 0.2) is 81.6 Å². The number of hydrogen-bond donors (Lipinski definition) is 1. The molecule has 6 aromatic heterocycles. The van der Waals surface area contributed by atoms with Gasteiger partial charge in [0.25, 0.3) is 11.8 Å². The van der Waals surface area contributed by atoms with E-state index in [9.17, 15) is 0 Å². The summed E-state index contributed by atoms with van der Waals surface area (Å²) in [4.78, 5) is 29.5. The Morgan fingerprint density at radius 1 is 0.667 bits per heavy atom. The SMILES string of the molecule is C.CCOc1nc(Cl)nc2c1oc1nc(-c3ccccc3)cc(C)c12.CCOc1nc(N2CCNCC2)nc2c1oc1nc(-c3ccccc3)cc(C)c12. The predicted octanol–water partition coefficient (Wildman–Crippen LogP) is 8.99. The molecule has 1 aliphatic heterocycles. The molecule has 0 atom stereocenters. The minimum Gasteiger partial charge on any atom is -0.475 e. The van der Waals surface area contributed by atoms with Crippen molar-refractivity contribution in [3.05, 3.63) is 89.2 Å². The maximum absolute atomic E-state index is 6.13. The number of aryl methyl sites for hydroxylation is 2. The van der Waals surface area contributed by atoms with Gasteiger partial charge in [-0.05, 0) is 62.6 Å². The second-order valence-corrected chi connectivity index (χ2v) is 12.9. The van der Waals surface area contributed by atoms with Gasteiger partial charge >= 0.3 is 0 Å². The van der Waals surface area contributed by atoms with Gasteiger partial charge in [-0.15, -0.1) is 0 Å². The third-order valence-corrected chi connectivity index (χ3v) is 9.14. The van der Waals surface area contributed by atoms with Crippen LogP contribution in [0.4, 0.5) is 5.95 Å². The van der Waals surface area contributed by atoms with E-state index >= 15 is 0 Å². The quantitative estimate of drug-likeness (QED) is 0.156. The molecule has 12 nitrogen and oxygen atoms in total. The highest BCUT2D eigenvalue weighted by molar-refractivity contribution is 6.29. The lowest BCUT2D eigenvalue weighted by Gasteiger charge is -2.27. The highest BCUT2D eigenvalue weighted by Crippen LogP contribution is 2.38. The van der Waals surface area contributed by atoms with Crippen LogP contribution in [0.5, 0.6) is 11.8 Å². The number of rotatable bonds is 7. The first-order valence-electron chi connectivity index (χ1n) is 17.6. The molecule has 1 saturated heterocycles. The van der Waals surface area contributed by atoms with Gasteiger partial charge in [-0.1, -0.05) is 68.1 Å². The van der Waals surface area contributed by atoms with Crippen LogP contribution in [-0.2, 0) is 0 Å². The maximum Gasteiger partial charge on any atom is 0.263 e. The summed E-state index contributed by atoms with van der Waals surface area (Å²) in [6.45, 7) is 12.4. The summed E-state index contributed by atoms with van der Waals surface area (Å²) in [7, 11) is 0. The van der Waals surface area contributed by atoms with E-state index in [2.05, 4.69) is 43.1 Å². The van der Waals surface area contributed by atoms with Crippen LogP contribution < -0.4 is 19.7 Å². The van der Waals surface area contributed by atoms with Crippen molar-refractivity contribution < 1.29 is 18.3 Å². The summed E-state index contributed by atoms with van der Waals surface area (Å²) in [5, 5.41) is 5.23. The smallest absolute Gasteiger partial charge is 0.263 e. The van der Waals surface area contributed by atoms with E-state index in [1.807, 2.05) is 87.5 Å². The normalized spacial score (nSPS) is 12.9. The van der Waals surface area contributed by atoms with Gasteiger partial charge in [-0.3, -0.25) is 0 Å². The van der Waals surface area contributed by atoms with Gasteiger partial charge in [0.15, 0.2) is 0 Å². The molecule has 13 heteroatoms. The minimum absolute atomic E-state index is 0. The standard InChI is InChI=1S/C22H23N5O2.C18H14ClN3O2.CH4/c1-3-28-21-19-18(25-22(26-21)27-11-9-23-10-12-27)17-14(2)13-16(24-20(17)29-19)15-7-5-4-6-8-15;1-3-23-17-15-14(21-18(19)22-17)13-10(2)9-12(20-16(13)24-15)11-7-5-4-6-8-11;/h4-8,13,23H,3,9-12H2,1-2H3;4-9H,3H2,1-2H3;1H4. The van der Waals surface area contributed by atoms with E-state index < -0.39 is 0 Å². The molecule has 7 heterocycles. The highest BCUT2D eigenvalue weighted by Gasteiger charge is 2.23. The lowest BCUT2D eigenvalue weighted by molar-refractivity contribution is 0.325. The Morgan fingerprint density at radius 3 is 1.65 bits per heavy atom. The molecule has 1 N–H and O–H groups in total. The first-order chi connectivity index (χ1) is 25.9. The number of nitrogens with one attached hydrogen (secondary N) is 1. The van der Waals surface area contributed by atoms with Gasteiger partial charge < -0.3 is 28.5 Å². The molecular formula is C41H41ClN8O4. The Morgan fingerprint density at radius 2 is 1.15 bits per heavy atom. The first-order valence-corrected chi connectivity index (χ1v) is 18.0.